The predicted molar refractivity (Wildman–Crippen MR) is 136 cm³/mol. The van der Waals surface area contributed by atoms with Crippen LogP contribution in [0.3, 0.4) is 0 Å². The van der Waals surface area contributed by atoms with Crippen LogP contribution >= 0.6 is 11.6 Å². The van der Waals surface area contributed by atoms with Crippen molar-refractivity contribution in [2.45, 2.75) is 44.6 Å². The summed E-state index contributed by atoms with van der Waals surface area (Å²) in [5.74, 6) is -3.09. The summed E-state index contributed by atoms with van der Waals surface area (Å²) in [7, 11) is 1.51. The Bertz CT molecular complexity index is 1460. The summed E-state index contributed by atoms with van der Waals surface area (Å²) in [5, 5.41) is 17.0. The number of amides is 1. The molecule has 0 spiro atoms. The molecule has 2 aliphatic heterocycles. The van der Waals surface area contributed by atoms with Gasteiger partial charge in [0.05, 0.1) is 25.1 Å². The van der Waals surface area contributed by atoms with E-state index in [0.717, 1.165) is 4.57 Å². The number of nitrogens with zero attached hydrogens (tertiary/aromatic N) is 4. The van der Waals surface area contributed by atoms with Gasteiger partial charge in [0.25, 0.3) is 0 Å². The molecule has 40 heavy (non-hydrogen) atoms. The highest BCUT2D eigenvalue weighted by molar-refractivity contribution is 6.30. The lowest BCUT2D eigenvalue weighted by Crippen LogP contribution is -2.43. The van der Waals surface area contributed by atoms with Crippen LogP contribution in [-0.2, 0) is 20.5 Å². The van der Waals surface area contributed by atoms with Gasteiger partial charge in [-0.15, -0.1) is 10.2 Å². The van der Waals surface area contributed by atoms with E-state index in [4.69, 9.17) is 21.1 Å². The number of piperidine rings is 1. The molecule has 13 heteroatoms. The topological polar surface area (TPSA) is 107 Å². The number of aromatic nitrogens is 3. The van der Waals surface area contributed by atoms with E-state index in [1.165, 1.54) is 30.2 Å². The first-order chi connectivity index (χ1) is 19.0. The van der Waals surface area contributed by atoms with Crippen molar-refractivity contribution in [3.8, 4) is 11.4 Å². The first-order valence-corrected chi connectivity index (χ1v) is 13.0. The fourth-order valence-corrected chi connectivity index (χ4v) is 5.55. The number of alkyl halides is 3. The number of carboxylic acids is 1. The van der Waals surface area contributed by atoms with Crippen LogP contribution in [0.1, 0.15) is 59.8 Å². The molecule has 0 saturated carbocycles. The number of methoxy groups -OCH3 is 1. The molecule has 0 unspecified atom stereocenters. The van der Waals surface area contributed by atoms with Crippen molar-refractivity contribution in [3.05, 3.63) is 69.8 Å². The van der Waals surface area contributed by atoms with E-state index in [1.807, 2.05) is 0 Å². The predicted octanol–water partition coefficient (Wildman–Crippen LogP) is 5.13. The van der Waals surface area contributed by atoms with Crippen molar-refractivity contribution in [3.63, 3.8) is 0 Å². The summed E-state index contributed by atoms with van der Waals surface area (Å²) >= 11 is 6.32. The van der Waals surface area contributed by atoms with E-state index in [1.54, 1.807) is 25.1 Å². The average Bonchev–Trinajstić information content (AvgIpc) is 3.32. The number of hydrogen-bond donors (Lipinski definition) is 1. The Morgan fingerprint density at radius 1 is 1.20 bits per heavy atom. The summed E-state index contributed by atoms with van der Waals surface area (Å²) in [6.07, 6.45) is -6.48. The number of carbonyl (C=O) groups is 2. The second kappa shape index (κ2) is 10.7. The molecule has 2 aliphatic rings. The van der Waals surface area contributed by atoms with Crippen molar-refractivity contribution in [2.75, 3.05) is 20.2 Å². The van der Waals surface area contributed by atoms with Gasteiger partial charge < -0.3 is 19.5 Å². The zero-order chi connectivity index (χ0) is 28.8. The van der Waals surface area contributed by atoms with Crippen LogP contribution in [0.5, 0.6) is 5.75 Å². The van der Waals surface area contributed by atoms with E-state index in [0.29, 0.717) is 41.8 Å². The van der Waals surface area contributed by atoms with E-state index < -0.39 is 42.0 Å². The number of carboxylic acid groups (broad SMARTS) is 1. The lowest BCUT2D eigenvalue weighted by molar-refractivity contribution is -0.147. The van der Waals surface area contributed by atoms with Crippen LogP contribution in [0.4, 0.5) is 13.2 Å². The number of fused-ring (bicyclic) bond motifs is 3. The minimum atomic E-state index is -4.86. The highest BCUT2D eigenvalue weighted by Crippen LogP contribution is 2.45. The molecule has 3 atom stereocenters. The molecule has 3 aromatic rings. The molecule has 0 aliphatic carbocycles. The molecule has 0 bridgehead atoms. The lowest BCUT2D eigenvalue weighted by Gasteiger charge is -2.32. The fourth-order valence-electron chi connectivity index (χ4n) is 5.37. The van der Waals surface area contributed by atoms with E-state index >= 15 is 0 Å². The van der Waals surface area contributed by atoms with Gasteiger partial charge in [-0.3, -0.25) is 14.2 Å². The molecule has 1 N–H and O–H groups in total. The number of likely N-dealkylation sites (tertiary alicyclic amines) is 1. The Kier molecular flexibility index (Phi) is 7.49. The molecule has 212 valence electrons. The standard InChI is InChI=1S/C27H26ClF3N4O5/c1-14-17(6-3-7-20(14)39-2)23-18-11-16(28)8-9-19(18)35-24(32-33-26(35)27(29,30)31)21(40-23)12-22(36)34-10-4-5-15(13-34)25(37)38/h3,6-9,11,15,21,23H,4-5,10,12-13H2,1-2H3,(H,37,38)/t15-,21+,23+/m0/s1. The molecule has 5 rings (SSSR count). The number of halogens is 4. The van der Waals surface area contributed by atoms with Crippen molar-refractivity contribution in [2.24, 2.45) is 5.92 Å². The average molecular weight is 579 g/mol. The highest BCUT2D eigenvalue weighted by atomic mass is 35.5. The number of benzene rings is 2. The first-order valence-electron chi connectivity index (χ1n) is 12.6. The summed E-state index contributed by atoms with van der Waals surface area (Å²) < 4.78 is 55.3. The Labute approximate surface area is 232 Å². The quantitative estimate of drug-likeness (QED) is 0.447. The van der Waals surface area contributed by atoms with Crippen LogP contribution in [0, 0.1) is 12.8 Å². The number of aliphatic carboxylic acids is 1. The minimum Gasteiger partial charge on any atom is -0.496 e. The van der Waals surface area contributed by atoms with Gasteiger partial charge in [0.1, 0.15) is 18.0 Å². The number of carbonyl (C=O) groups excluding carboxylic acids is 1. The van der Waals surface area contributed by atoms with Gasteiger partial charge in [-0.1, -0.05) is 23.7 Å². The van der Waals surface area contributed by atoms with E-state index in [9.17, 15) is 27.9 Å². The molecule has 1 aromatic heterocycles. The number of hydrogen-bond acceptors (Lipinski definition) is 6. The van der Waals surface area contributed by atoms with Crippen LogP contribution in [0.25, 0.3) is 5.69 Å². The third-order valence-electron chi connectivity index (χ3n) is 7.35. The van der Waals surface area contributed by atoms with Gasteiger partial charge in [0.2, 0.25) is 11.7 Å². The minimum absolute atomic E-state index is 0.00956. The molecular weight excluding hydrogens is 553 g/mol. The van der Waals surface area contributed by atoms with Crippen molar-refractivity contribution in [1.82, 2.24) is 19.7 Å². The van der Waals surface area contributed by atoms with Crippen molar-refractivity contribution in [1.29, 1.82) is 0 Å². The second-order valence-corrected chi connectivity index (χ2v) is 10.3. The summed E-state index contributed by atoms with van der Waals surface area (Å²) in [6.45, 7) is 2.15. The van der Waals surface area contributed by atoms with Crippen molar-refractivity contribution >= 4 is 23.5 Å². The lowest BCUT2D eigenvalue weighted by atomic mass is 9.95. The Hall–Kier alpha value is -3.64. The van der Waals surface area contributed by atoms with Crippen molar-refractivity contribution < 1.29 is 37.3 Å². The molecule has 1 amide bonds. The molecule has 9 nitrogen and oxygen atoms in total. The highest BCUT2D eigenvalue weighted by Gasteiger charge is 2.44. The maximum Gasteiger partial charge on any atom is 0.452 e. The Morgan fingerprint density at radius 3 is 2.67 bits per heavy atom. The van der Waals surface area contributed by atoms with Gasteiger partial charge in [0.15, 0.2) is 5.82 Å². The molecule has 3 heterocycles. The van der Waals surface area contributed by atoms with Crippen LogP contribution in [-0.4, -0.2) is 56.8 Å². The zero-order valence-electron chi connectivity index (χ0n) is 21.6. The third-order valence-corrected chi connectivity index (χ3v) is 7.59. The normalized spacial score (nSPS) is 20.9. The molecule has 2 aromatic carbocycles. The summed E-state index contributed by atoms with van der Waals surface area (Å²) in [5.41, 5.74) is 1.74. The zero-order valence-corrected chi connectivity index (χ0v) is 22.4. The van der Waals surface area contributed by atoms with Gasteiger partial charge in [-0.2, -0.15) is 13.2 Å². The summed E-state index contributed by atoms with van der Waals surface area (Å²) in [6, 6.07) is 9.69. The smallest absolute Gasteiger partial charge is 0.452 e. The van der Waals surface area contributed by atoms with Gasteiger partial charge in [-0.05, 0) is 55.2 Å². The van der Waals surface area contributed by atoms with Crippen LogP contribution in [0.15, 0.2) is 36.4 Å². The SMILES string of the molecule is COc1cccc([C@H]2O[C@H](CC(=O)N3CCC[C@H](C(=O)O)C3)c3nnc(C(F)(F)F)n3-c3ccc(Cl)cc32)c1C. The third kappa shape index (κ3) is 5.13. The fraction of sp³-hybridized carbons (Fsp3) is 0.407. The largest absolute Gasteiger partial charge is 0.496 e. The van der Waals surface area contributed by atoms with E-state index in [2.05, 4.69) is 10.2 Å². The first kappa shape index (κ1) is 27.9. The summed E-state index contributed by atoms with van der Waals surface area (Å²) in [4.78, 5) is 26.4. The second-order valence-electron chi connectivity index (χ2n) is 9.82. The van der Waals surface area contributed by atoms with Gasteiger partial charge in [0, 0.05) is 23.7 Å². The number of ether oxygens (including phenoxy) is 2. The molecule has 1 saturated heterocycles. The maximum absolute atomic E-state index is 14.2. The molecule has 0 radical (unpaired) electrons. The Morgan fingerprint density at radius 2 is 1.98 bits per heavy atom. The van der Waals surface area contributed by atoms with Crippen LogP contribution < -0.4 is 4.74 Å². The maximum atomic E-state index is 14.2. The molecule has 1 fully saturated rings. The Balaban J connectivity index is 1.64. The number of rotatable bonds is 5. The molecular formula is C27H26ClF3N4O5. The monoisotopic (exact) mass is 578 g/mol. The van der Waals surface area contributed by atoms with Gasteiger partial charge in [-0.25, -0.2) is 0 Å². The van der Waals surface area contributed by atoms with Gasteiger partial charge >= 0.3 is 12.1 Å². The van der Waals surface area contributed by atoms with E-state index in [-0.39, 0.29) is 29.5 Å². The van der Waals surface area contributed by atoms with Crippen LogP contribution in [0.2, 0.25) is 5.02 Å².